The van der Waals surface area contributed by atoms with E-state index in [0.717, 1.165) is 28.6 Å². The summed E-state index contributed by atoms with van der Waals surface area (Å²) in [5.74, 6) is 0.398. The maximum atomic E-state index is 13.0. The van der Waals surface area contributed by atoms with E-state index in [1.54, 1.807) is 43.9 Å². The molecule has 9 nitrogen and oxygen atoms in total. The van der Waals surface area contributed by atoms with Crippen LogP contribution in [-0.2, 0) is 43.7 Å². The fourth-order valence-electron chi connectivity index (χ4n) is 4.72. The highest BCUT2D eigenvalue weighted by atomic mass is 32.2. The van der Waals surface area contributed by atoms with Gasteiger partial charge in [0.15, 0.2) is 0 Å². The fraction of sp³-hybridized carbons (Fsp3) is 0.387. The Labute approximate surface area is 241 Å². The van der Waals surface area contributed by atoms with Crippen molar-refractivity contribution in [3.8, 4) is 11.3 Å². The Morgan fingerprint density at radius 1 is 1.02 bits per heavy atom. The zero-order valence-corrected chi connectivity index (χ0v) is 24.9. The maximum Gasteiger partial charge on any atom is 0.337 e. The van der Waals surface area contributed by atoms with Crippen LogP contribution in [0.3, 0.4) is 0 Å². The topological polar surface area (TPSA) is 114 Å². The number of sulfone groups is 1. The van der Waals surface area contributed by atoms with E-state index in [0.29, 0.717) is 36.5 Å². The molecule has 0 fully saturated rings. The first-order valence-corrected chi connectivity index (χ1v) is 15.5. The van der Waals surface area contributed by atoms with Crippen LogP contribution in [0.15, 0.2) is 59.0 Å². The number of benzene rings is 2. The average molecular weight is 581 g/mol. The number of carbonyl (C=O) groups is 3. The van der Waals surface area contributed by atoms with Crippen molar-refractivity contribution in [2.75, 3.05) is 30.6 Å². The van der Waals surface area contributed by atoms with Crippen LogP contribution in [-0.4, -0.2) is 56.8 Å². The van der Waals surface area contributed by atoms with Gasteiger partial charge in [-0.3, -0.25) is 9.59 Å². The van der Waals surface area contributed by atoms with Gasteiger partial charge in [0.2, 0.25) is 11.8 Å². The number of aryl methyl sites for hydroxylation is 1. The zero-order chi connectivity index (χ0) is 29.9. The summed E-state index contributed by atoms with van der Waals surface area (Å²) in [5.41, 5.74) is 3.26. The summed E-state index contributed by atoms with van der Waals surface area (Å²) in [6, 6.07) is 16.4. The van der Waals surface area contributed by atoms with E-state index in [2.05, 4.69) is 0 Å². The Balaban J connectivity index is 1.57. The molecule has 1 aliphatic rings. The molecule has 0 saturated heterocycles. The number of amides is 2. The van der Waals surface area contributed by atoms with Gasteiger partial charge in [0, 0.05) is 35.9 Å². The molecule has 41 heavy (non-hydrogen) atoms. The highest BCUT2D eigenvalue weighted by Crippen LogP contribution is 2.34. The van der Waals surface area contributed by atoms with Gasteiger partial charge in [0.05, 0.1) is 31.5 Å². The van der Waals surface area contributed by atoms with Crippen molar-refractivity contribution in [3.05, 3.63) is 77.0 Å². The van der Waals surface area contributed by atoms with E-state index in [1.165, 1.54) is 12.0 Å². The second-order valence-electron chi connectivity index (χ2n) is 11.4. The van der Waals surface area contributed by atoms with Crippen molar-refractivity contribution >= 4 is 33.3 Å². The lowest BCUT2D eigenvalue weighted by molar-refractivity contribution is -0.140. The standard InChI is InChI=1S/C31H36N2O7S/c1-31(2,3)30(36)32(16-17-41(5,37)38)20-25-13-14-27(40-25)24-11-10-22-12-15-28(34)33(26(22)18-24)19-21-6-8-23(9-7-21)29(35)39-4/h6-11,13-14,18H,12,15-17,19-20H2,1-5H3. The van der Waals surface area contributed by atoms with Crippen molar-refractivity contribution < 1.29 is 32.0 Å². The molecular formula is C31H36N2O7S. The Morgan fingerprint density at radius 2 is 1.73 bits per heavy atom. The molecule has 0 bridgehead atoms. The number of anilines is 1. The molecule has 1 aliphatic heterocycles. The minimum absolute atomic E-state index is 0.00837. The lowest BCUT2D eigenvalue weighted by Gasteiger charge is -2.30. The summed E-state index contributed by atoms with van der Waals surface area (Å²) in [5, 5.41) is 0. The number of ether oxygens (including phenoxy) is 1. The molecule has 0 spiro atoms. The molecule has 2 aromatic carbocycles. The first kappa shape index (κ1) is 30.0. The summed E-state index contributed by atoms with van der Waals surface area (Å²) >= 11 is 0. The van der Waals surface area contributed by atoms with Gasteiger partial charge in [-0.25, -0.2) is 13.2 Å². The predicted octanol–water partition coefficient (Wildman–Crippen LogP) is 4.63. The number of methoxy groups -OCH3 is 1. The van der Waals surface area contributed by atoms with E-state index in [4.69, 9.17) is 9.15 Å². The summed E-state index contributed by atoms with van der Waals surface area (Å²) < 4.78 is 34.4. The molecule has 1 aromatic heterocycles. The highest BCUT2D eigenvalue weighted by molar-refractivity contribution is 7.90. The highest BCUT2D eigenvalue weighted by Gasteiger charge is 2.29. The SMILES string of the molecule is COC(=O)c1ccc(CN2C(=O)CCc3ccc(-c4ccc(CN(CCS(C)(=O)=O)C(=O)C(C)(C)C)o4)cc32)cc1. The summed E-state index contributed by atoms with van der Waals surface area (Å²) in [6.07, 6.45) is 2.20. The molecule has 10 heteroatoms. The van der Waals surface area contributed by atoms with Crippen LogP contribution in [0, 0.1) is 5.41 Å². The molecular weight excluding hydrogens is 544 g/mol. The number of esters is 1. The lowest BCUT2D eigenvalue weighted by Crippen LogP contribution is -2.41. The van der Waals surface area contributed by atoms with Gasteiger partial charge >= 0.3 is 5.97 Å². The fourth-order valence-corrected chi connectivity index (χ4v) is 5.27. The van der Waals surface area contributed by atoms with E-state index in [9.17, 15) is 22.8 Å². The largest absolute Gasteiger partial charge is 0.465 e. The van der Waals surface area contributed by atoms with Crippen LogP contribution in [0.4, 0.5) is 5.69 Å². The Bertz CT molecular complexity index is 1550. The Hall–Kier alpha value is -3.92. The molecule has 0 radical (unpaired) electrons. The van der Waals surface area contributed by atoms with E-state index < -0.39 is 21.2 Å². The number of nitrogens with zero attached hydrogens (tertiary/aromatic N) is 2. The van der Waals surface area contributed by atoms with Gasteiger partial charge in [0.25, 0.3) is 0 Å². The quantitative estimate of drug-likeness (QED) is 0.339. The molecule has 0 unspecified atom stereocenters. The third kappa shape index (κ3) is 7.43. The average Bonchev–Trinajstić information content (AvgIpc) is 3.39. The molecule has 218 valence electrons. The molecule has 0 atom stereocenters. The van der Waals surface area contributed by atoms with Crippen molar-refractivity contribution in [2.24, 2.45) is 5.41 Å². The molecule has 2 amide bonds. The number of furan rings is 1. The van der Waals surface area contributed by atoms with Gasteiger partial charge in [-0.1, -0.05) is 45.0 Å². The summed E-state index contributed by atoms with van der Waals surface area (Å²) in [7, 11) is -1.92. The van der Waals surface area contributed by atoms with Gasteiger partial charge in [-0.05, 0) is 47.9 Å². The van der Waals surface area contributed by atoms with Gasteiger partial charge in [0.1, 0.15) is 21.4 Å². The van der Waals surface area contributed by atoms with Gasteiger partial charge < -0.3 is 19.0 Å². The second kappa shape index (κ2) is 11.9. The second-order valence-corrected chi connectivity index (χ2v) is 13.6. The molecule has 2 heterocycles. The Kier molecular flexibility index (Phi) is 8.72. The van der Waals surface area contributed by atoms with Crippen molar-refractivity contribution in [2.45, 2.75) is 46.7 Å². The third-order valence-electron chi connectivity index (χ3n) is 6.95. The smallest absolute Gasteiger partial charge is 0.337 e. The summed E-state index contributed by atoms with van der Waals surface area (Å²) in [6.45, 7) is 5.95. The first-order valence-electron chi connectivity index (χ1n) is 13.4. The van der Waals surface area contributed by atoms with E-state index >= 15 is 0 Å². The number of fused-ring (bicyclic) bond motifs is 1. The molecule has 0 N–H and O–H groups in total. The van der Waals surface area contributed by atoms with Crippen molar-refractivity contribution in [1.29, 1.82) is 0 Å². The van der Waals surface area contributed by atoms with Crippen LogP contribution in [0.2, 0.25) is 0 Å². The number of hydrogen-bond donors (Lipinski definition) is 0. The summed E-state index contributed by atoms with van der Waals surface area (Å²) in [4.78, 5) is 41.1. The van der Waals surface area contributed by atoms with Gasteiger partial charge in [-0.2, -0.15) is 0 Å². The van der Waals surface area contributed by atoms with Crippen LogP contribution in [0.25, 0.3) is 11.3 Å². The minimum atomic E-state index is -3.25. The van der Waals surface area contributed by atoms with Crippen molar-refractivity contribution in [1.82, 2.24) is 4.90 Å². The molecule has 3 aromatic rings. The lowest BCUT2D eigenvalue weighted by atomic mass is 9.94. The monoisotopic (exact) mass is 580 g/mol. The molecule has 4 rings (SSSR count). The molecule has 0 saturated carbocycles. The molecule has 0 aliphatic carbocycles. The number of hydrogen-bond acceptors (Lipinski definition) is 7. The van der Waals surface area contributed by atoms with Crippen molar-refractivity contribution in [3.63, 3.8) is 0 Å². The van der Waals surface area contributed by atoms with E-state index in [1.807, 2.05) is 36.4 Å². The van der Waals surface area contributed by atoms with Crippen LogP contribution >= 0.6 is 0 Å². The maximum absolute atomic E-state index is 13.0. The van der Waals surface area contributed by atoms with Crippen LogP contribution < -0.4 is 4.90 Å². The van der Waals surface area contributed by atoms with E-state index in [-0.39, 0.29) is 30.7 Å². The minimum Gasteiger partial charge on any atom is -0.465 e. The predicted molar refractivity (Wildman–Crippen MR) is 156 cm³/mol. The normalized spacial score (nSPS) is 13.6. The van der Waals surface area contributed by atoms with Gasteiger partial charge in [-0.15, -0.1) is 0 Å². The third-order valence-corrected chi connectivity index (χ3v) is 7.88. The number of carbonyl (C=O) groups excluding carboxylic acids is 3. The zero-order valence-electron chi connectivity index (χ0n) is 24.1. The number of rotatable bonds is 9. The van der Waals surface area contributed by atoms with Crippen LogP contribution in [0.1, 0.15) is 54.4 Å². The first-order chi connectivity index (χ1) is 19.2. The van der Waals surface area contributed by atoms with Crippen LogP contribution in [0.5, 0.6) is 0 Å². The Morgan fingerprint density at radius 3 is 2.37 bits per heavy atom.